The second kappa shape index (κ2) is 11.4. The number of esters is 1. The highest BCUT2D eigenvalue weighted by atomic mass is 32.2. The van der Waals surface area contributed by atoms with E-state index < -0.39 is 20.9 Å². The van der Waals surface area contributed by atoms with Crippen molar-refractivity contribution in [2.75, 3.05) is 18.2 Å². The van der Waals surface area contributed by atoms with E-state index in [0.717, 1.165) is 23.9 Å². The summed E-state index contributed by atoms with van der Waals surface area (Å²) >= 11 is 0. The Kier molecular flexibility index (Phi) is 8.95. The van der Waals surface area contributed by atoms with Crippen molar-refractivity contribution in [3.8, 4) is 11.5 Å². The van der Waals surface area contributed by atoms with Crippen LogP contribution in [0.1, 0.15) is 49.9 Å². The number of hydrogen-bond acceptors (Lipinski definition) is 7. The van der Waals surface area contributed by atoms with Gasteiger partial charge in [0.15, 0.2) is 5.75 Å². The van der Waals surface area contributed by atoms with Gasteiger partial charge in [-0.2, -0.15) is 0 Å². The van der Waals surface area contributed by atoms with Crippen LogP contribution in [0.3, 0.4) is 0 Å². The highest BCUT2D eigenvalue weighted by Gasteiger charge is 2.27. The molecular formula is C21H27N3O6S. The van der Waals surface area contributed by atoms with Crippen LogP contribution >= 0.6 is 0 Å². The molecule has 2 aromatic rings. The van der Waals surface area contributed by atoms with E-state index >= 15 is 0 Å². The summed E-state index contributed by atoms with van der Waals surface area (Å²) < 4.78 is 35.8. The molecule has 0 unspecified atom stereocenters. The zero-order valence-electron chi connectivity index (χ0n) is 17.6. The third-order valence-corrected chi connectivity index (χ3v) is 5.29. The third-order valence-electron chi connectivity index (χ3n) is 4.37. The zero-order valence-corrected chi connectivity index (χ0v) is 18.4. The molecule has 0 bridgehead atoms. The van der Waals surface area contributed by atoms with E-state index in [1.54, 1.807) is 30.3 Å². The van der Waals surface area contributed by atoms with E-state index in [9.17, 15) is 18.1 Å². The maximum atomic E-state index is 12.5. The molecule has 0 spiro atoms. The smallest absolute Gasteiger partial charge is 0.338 e. The summed E-state index contributed by atoms with van der Waals surface area (Å²) in [5.41, 5.74) is -0.0537. The minimum absolute atomic E-state index is 0.0151. The van der Waals surface area contributed by atoms with Crippen molar-refractivity contribution in [2.45, 2.75) is 44.4 Å². The monoisotopic (exact) mass is 449 g/mol. The molecule has 2 N–H and O–H groups in total. The van der Waals surface area contributed by atoms with Crippen molar-refractivity contribution in [1.82, 2.24) is 0 Å². The Hall–Kier alpha value is -2.98. The Labute approximate surface area is 182 Å². The number of primary sulfonamides is 1. The van der Waals surface area contributed by atoms with Gasteiger partial charge in [-0.25, -0.2) is 23.4 Å². The minimum atomic E-state index is -4.32. The minimum Gasteiger partial charge on any atom is -0.462 e. The van der Waals surface area contributed by atoms with E-state index in [1.807, 2.05) is 13.8 Å². The van der Waals surface area contributed by atoms with Crippen LogP contribution in [0.5, 0.6) is 11.5 Å². The van der Waals surface area contributed by atoms with E-state index in [2.05, 4.69) is 5.29 Å². The molecule has 0 fully saturated rings. The summed E-state index contributed by atoms with van der Waals surface area (Å²) in [6, 6.07) is 10.8. The molecular weight excluding hydrogens is 422 g/mol. The molecule has 0 saturated heterocycles. The Balaban J connectivity index is 2.65. The molecule has 31 heavy (non-hydrogen) atoms. The van der Waals surface area contributed by atoms with E-state index in [1.165, 1.54) is 6.07 Å². The van der Waals surface area contributed by atoms with Gasteiger partial charge in [0.1, 0.15) is 16.3 Å². The van der Waals surface area contributed by atoms with Crippen LogP contribution in [0.2, 0.25) is 0 Å². The van der Waals surface area contributed by atoms with Crippen molar-refractivity contribution in [3.05, 3.63) is 52.9 Å². The standard InChI is InChI=1S/C21H27N3O6S/c1-3-5-12-24(23-26)18-14-16(21(25)29-13-6-4-2)15-19(31(22,27)28)20(18)30-17-10-8-7-9-11-17/h7-11,14-15H,3-6,12-13H2,1-2H3,(H2,22,27,28). The first-order valence-electron chi connectivity index (χ1n) is 10.0. The molecule has 0 aromatic heterocycles. The first-order valence-corrected chi connectivity index (χ1v) is 11.6. The van der Waals surface area contributed by atoms with Gasteiger partial charge in [0.2, 0.25) is 10.0 Å². The summed E-state index contributed by atoms with van der Waals surface area (Å²) in [6.45, 7) is 4.26. The number of rotatable bonds is 12. The third kappa shape index (κ3) is 6.76. The Morgan fingerprint density at radius 2 is 1.77 bits per heavy atom. The number of ether oxygens (including phenoxy) is 2. The molecule has 2 aromatic carbocycles. The summed E-state index contributed by atoms with van der Waals surface area (Å²) in [5, 5.41) is 9.49. The number of hydrogen-bond donors (Lipinski definition) is 1. The van der Waals surface area contributed by atoms with Crippen molar-refractivity contribution >= 4 is 21.7 Å². The van der Waals surface area contributed by atoms with E-state index in [4.69, 9.17) is 14.6 Å². The first-order chi connectivity index (χ1) is 14.8. The SMILES string of the molecule is CCCCOC(=O)c1cc(N(CCCC)N=O)c(Oc2ccccc2)c(S(N)(=O)=O)c1. The number of para-hydroxylation sites is 1. The summed E-state index contributed by atoms with van der Waals surface area (Å²) in [6.07, 6.45) is 2.85. The van der Waals surface area contributed by atoms with Gasteiger partial charge >= 0.3 is 5.97 Å². The average molecular weight is 450 g/mol. The zero-order chi connectivity index (χ0) is 22.9. The van der Waals surface area contributed by atoms with Gasteiger partial charge in [0.05, 0.1) is 17.5 Å². The molecule has 0 heterocycles. The van der Waals surface area contributed by atoms with E-state index in [0.29, 0.717) is 18.6 Å². The summed E-state index contributed by atoms with van der Waals surface area (Å²) in [7, 11) is -4.32. The molecule has 10 heteroatoms. The van der Waals surface area contributed by atoms with Gasteiger partial charge in [-0.3, -0.25) is 0 Å². The first kappa shape index (κ1) is 24.3. The number of benzene rings is 2. The molecule has 0 saturated carbocycles. The number of unbranched alkanes of at least 4 members (excludes halogenated alkanes) is 2. The lowest BCUT2D eigenvalue weighted by Gasteiger charge is -2.21. The fourth-order valence-corrected chi connectivity index (χ4v) is 3.42. The number of carbonyl (C=O) groups is 1. The Bertz CT molecular complexity index is 996. The van der Waals surface area contributed by atoms with Crippen LogP contribution in [0.15, 0.2) is 52.6 Å². The van der Waals surface area contributed by atoms with Crippen LogP contribution in [-0.4, -0.2) is 27.5 Å². The largest absolute Gasteiger partial charge is 0.462 e. The number of nitroso groups, excluding NO2 is 1. The molecule has 0 radical (unpaired) electrons. The quantitative estimate of drug-likeness (QED) is 0.220. The highest BCUT2D eigenvalue weighted by molar-refractivity contribution is 7.89. The van der Waals surface area contributed by atoms with Gasteiger partial charge in [-0.05, 0) is 37.1 Å². The van der Waals surface area contributed by atoms with Crippen molar-refractivity contribution < 1.29 is 22.7 Å². The number of anilines is 1. The highest BCUT2D eigenvalue weighted by Crippen LogP contribution is 2.39. The van der Waals surface area contributed by atoms with Crippen LogP contribution in [0.25, 0.3) is 0 Å². The number of nitrogens with zero attached hydrogens (tertiary/aromatic N) is 2. The van der Waals surface area contributed by atoms with Gasteiger partial charge < -0.3 is 9.47 Å². The van der Waals surface area contributed by atoms with Crippen LogP contribution in [0.4, 0.5) is 5.69 Å². The van der Waals surface area contributed by atoms with Gasteiger partial charge in [0.25, 0.3) is 0 Å². The fraction of sp³-hybridized carbons (Fsp3) is 0.381. The molecule has 0 aliphatic rings. The maximum absolute atomic E-state index is 12.5. The van der Waals surface area contributed by atoms with E-state index in [-0.39, 0.29) is 30.2 Å². The summed E-state index contributed by atoms with van der Waals surface area (Å²) in [5.74, 6) is -0.588. The molecule has 0 aliphatic heterocycles. The maximum Gasteiger partial charge on any atom is 0.338 e. The molecule has 0 aliphatic carbocycles. The molecule has 9 nitrogen and oxygen atoms in total. The van der Waals surface area contributed by atoms with Crippen molar-refractivity contribution in [2.24, 2.45) is 10.4 Å². The second-order valence-corrected chi connectivity index (χ2v) is 8.36. The van der Waals surface area contributed by atoms with Crippen molar-refractivity contribution in [1.29, 1.82) is 0 Å². The molecule has 168 valence electrons. The van der Waals surface area contributed by atoms with Crippen molar-refractivity contribution in [3.63, 3.8) is 0 Å². The lowest BCUT2D eigenvalue weighted by Crippen LogP contribution is -2.21. The Morgan fingerprint density at radius 1 is 1.10 bits per heavy atom. The average Bonchev–Trinajstić information content (AvgIpc) is 2.75. The van der Waals surface area contributed by atoms with Crippen LogP contribution in [-0.2, 0) is 14.8 Å². The lowest BCUT2D eigenvalue weighted by atomic mass is 10.1. The number of nitrogens with two attached hydrogens (primary N) is 1. The van der Waals surface area contributed by atoms with Gasteiger partial charge in [0, 0.05) is 6.54 Å². The van der Waals surface area contributed by atoms with Crippen LogP contribution in [0, 0.1) is 4.91 Å². The molecule has 2 rings (SSSR count). The van der Waals surface area contributed by atoms with Crippen LogP contribution < -0.4 is 14.9 Å². The predicted molar refractivity (Wildman–Crippen MR) is 118 cm³/mol. The number of sulfonamides is 1. The summed E-state index contributed by atoms with van der Waals surface area (Å²) in [4.78, 5) is 23.7. The lowest BCUT2D eigenvalue weighted by molar-refractivity contribution is 0.0499. The number of carbonyl (C=O) groups excluding carboxylic acids is 1. The topological polar surface area (TPSA) is 128 Å². The Morgan fingerprint density at radius 3 is 2.35 bits per heavy atom. The van der Waals surface area contributed by atoms with Gasteiger partial charge in [-0.15, -0.1) is 4.91 Å². The normalized spacial score (nSPS) is 11.1. The fourth-order valence-electron chi connectivity index (χ4n) is 2.72. The molecule has 0 amide bonds. The second-order valence-electron chi connectivity index (χ2n) is 6.83. The predicted octanol–water partition coefficient (Wildman–Crippen LogP) is 4.37. The molecule has 0 atom stereocenters. The van der Waals surface area contributed by atoms with Gasteiger partial charge in [-0.1, -0.05) is 44.9 Å².